The van der Waals surface area contributed by atoms with Crippen molar-refractivity contribution in [2.75, 3.05) is 19.6 Å². The molecule has 1 aromatic carbocycles. The van der Waals surface area contributed by atoms with E-state index in [2.05, 4.69) is 0 Å². The second-order valence-corrected chi connectivity index (χ2v) is 4.76. The van der Waals surface area contributed by atoms with Crippen LogP contribution in [0.3, 0.4) is 0 Å². The topological polar surface area (TPSA) is 63.9 Å². The molecule has 5 heteroatoms. The molecule has 0 amide bonds. The van der Waals surface area contributed by atoms with E-state index >= 15 is 0 Å². The van der Waals surface area contributed by atoms with Crippen LogP contribution in [0.15, 0.2) is 24.3 Å². The molecule has 3 atom stereocenters. The first-order chi connectivity index (χ1) is 8.56. The third kappa shape index (κ3) is 3.26. The summed E-state index contributed by atoms with van der Waals surface area (Å²) in [5, 5.41) is 28.5. The molecule has 2 rings (SSSR count). The van der Waals surface area contributed by atoms with Crippen molar-refractivity contribution in [3.8, 4) is 0 Å². The van der Waals surface area contributed by atoms with E-state index in [4.69, 9.17) is 0 Å². The maximum atomic E-state index is 13.0. The number of nitrogens with zero attached hydrogens (tertiary/aromatic N) is 1. The lowest BCUT2D eigenvalue weighted by molar-refractivity contribution is -0.109. The summed E-state index contributed by atoms with van der Waals surface area (Å²) in [7, 11) is 0. The van der Waals surface area contributed by atoms with Gasteiger partial charge in [-0.25, -0.2) is 4.39 Å². The summed E-state index contributed by atoms with van der Waals surface area (Å²) >= 11 is 0. The highest BCUT2D eigenvalue weighted by Gasteiger charge is 2.32. The van der Waals surface area contributed by atoms with E-state index in [1.807, 2.05) is 11.0 Å². The van der Waals surface area contributed by atoms with Crippen LogP contribution in [0.2, 0.25) is 0 Å². The number of aliphatic hydroxyl groups excluding tert-OH is 3. The SMILES string of the molecule is O[C@H]1[C@H](O)CN(CCc2cccc(F)c2)C[C@@H]1O. The molecule has 0 unspecified atom stereocenters. The molecule has 0 spiro atoms. The number of hydrogen-bond donors (Lipinski definition) is 3. The van der Waals surface area contributed by atoms with Crippen molar-refractivity contribution in [1.82, 2.24) is 4.90 Å². The summed E-state index contributed by atoms with van der Waals surface area (Å²) in [6.07, 6.45) is -2.29. The number of rotatable bonds is 3. The van der Waals surface area contributed by atoms with E-state index in [0.29, 0.717) is 26.1 Å². The van der Waals surface area contributed by atoms with Gasteiger partial charge in [-0.3, -0.25) is 4.90 Å². The van der Waals surface area contributed by atoms with Crippen molar-refractivity contribution < 1.29 is 19.7 Å². The fourth-order valence-corrected chi connectivity index (χ4v) is 2.24. The van der Waals surface area contributed by atoms with Gasteiger partial charge in [0.25, 0.3) is 0 Å². The maximum absolute atomic E-state index is 13.0. The second-order valence-electron chi connectivity index (χ2n) is 4.76. The smallest absolute Gasteiger partial charge is 0.123 e. The summed E-state index contributed by atoms with van der Waals surface area (Å²) in [6.45, 7) is 1.27. The van der Waals surface area contributed by atoms with Crippen LogP contribution in [0.4, 0.5) is 4.39 Å². The first kappa shape index (κ1) is 13.4. The zero-order chi connectivity index (χ0) is 13.1. The van der Waals surface area contributed by atoms with Gasteiger partial charge in [0.15, 0.2) is 0 Å². The van der Waals surface area contributed by atoms with E-state index in [1.54, 1.807) is 6.07 Å². The van der Waals surface area contributed by atoms with Gasteiger partial charge in [-0.2, -0.15) is 0 Å². The van der Waals surface area contributed by atoms with Crippen LogP contribution in [0.1, 0.15) is 5.56 Å². The van der Waals surface area contributed by atoms with Gasteiger partial charge in [0, 0.05) is 19.6 Å². The quantitative estimate of drug-likeness (QED) is 0.698. The Morgan fingerprint density at radius 1 is 1.17 bits per heavy atom. The lowest BCUT2D eigenvalue weighted by Gasteiger charge is -2.36. The maximum Gasteiger partial charge on any atom is 0.123 e. The van der Waals surface area contributed by atoms with Gasteiger partial charge < -0.3 is 15.3 Å². The Bertz CT molecular complexity index is 390. The van der Waals surface area contributed by atoms with Crippen molar-refractivity contribution in [3.63, 3.8) is 0 Å². The third-order valence-corrected chi connectivity index (χ3v) is 3.28. The van der Waals surface area contributed by atoms with Crippen molar-refractivity contribution >= 4 is 0 Å². The molecule has 0 aliphatic carbocycles. The normalized spacial score (nSPS) is 29.4. The summed E-state index contributed by atoms with van der Waals surface area (Å²) in [5.74, 6) is -0.262. The zero-order valence-electron chi connectivity index (χ0n) is 10.0. The largest absolute Gasteiger partial charge is 0.389 e. The van der Waals surface area contributed by atoms with Gasteiger partial charge in [-0.15, -0.1) is 0 Å². The Morgan fingerprint density at radius 3 is 2.44 bits per heavy atom. The molecule has 1 fully saturated rings. The molecule has 1 saturated heterocycles. The Morgan fingerprint density at radius 2 is 1.83 bits per heavy atom. The summed E-state index contributed by atoms with van der Waals surface area (Å²) in [6, 6.07) is 6.38. The second kappa shape index (κ2) is 5.75. The molecule has 1 aliphatic heterocycles. The van der Waals surface area contributed by atoms with Crippen LogP contribution in [0, 0.1) is 5.82 Å². The minimum absolute atomic E-state index is 0.262. The monoisotopic (exact) mass is 255 g/mol. The number of likely N-dealkylation sites (tertiary alicyclic amines) is 1. The zero-order valence-corrected chi connectivity index (χ0v) is 10.0. The van der Waals surface area contributed by atoms with Crippen LogP contribution in [0.25, 0.3) is 0 Å². The Hall–Kier alpha value is -1.01. The fraction of sp³-hybridized carbons (Fsp3) is 0.538. The average Bonchev–Trinajstić information content (AvgIpc) is 2.33. The fourth-order valence-electron chi connectivity index (χ4n) is 2.24. The minimum Gasteiger partial charge on any atom is -0.389 e. The molecular formula is C13H18FNO3. The van der Waals surface area contributed by atoms with E-state index < -0.39 is 18.3 Å². The Balaban J connectivity index is 1.87. The van der Waals surface area contributed by atoms with Crippen LogP contribution in [-0.2, 0) is 6.42 Å². The molecule has 4 nitrogen and oxygen atoms in total. The van der Waals surface area contributed by atoms with Crippen molar-refractivity contribution in [3.05, 3.63) is 35.6 Å². The van der Waals surface area contributed by atoms with E-state index in [1.165, 1.54) is 12.1 Å². The van der Waals surface area contributed by atoms with E-state index in [0.717, 1.165) is 5.56 Å². The standard InChI is InChI=1S/C13H18FNO3/c14-10-3-1-2-9(6-10)4-5-15-7-11(16)13(18)12(17)8-15/h1-3,6,11-13,16-18H,4-5,7-8H2/t11-,12+,13+. The Labute approximate surface area is 105 Å². The molecule has 0 saturated carbocycles. The van der Waals surface area contributed by atoms with Crippen LogP contribution in [-0.4, -0.2) is 58.2 Å². The highest BCUT2D eigenvalue weighted by atomic mass is 19.1. The van der Waals surface area contributed by atoms with Crippen LogP contribution in [0.5, 0.6) is 0 Å². The molecule has 1 heterocycles. The van der Waals surface area contributed by atoms with E-state index in [-0.39, 0.29) is 5.82 Å². The number of piperidine rings is 1. The van der Waals surface area contributed by atoms with Gasteiger partial charge >= 0.3 is 0 Å². The molecule has 0 aromatic heterocycles. The highest BCUT2D eigenvalue weighted by molar-refractivity contribution is 5.16. The van der Waals surface area contributed by atoms with Crippen molar-refractivity contribution in [2.45, 2.75) is 24.7 Å². The van der Waals surface area contributed by atoms with Gasteiger partial charge in [-0.05, 0) is 24.1 Å². The molecular weight excluding hydrogens is 237 g/mol. The van der Waals surface area contributed by atoms with Crippen molar-refractivity contribution in [1.29, 1.82) is 0 Å². The third-order valence-electron chi connectivity index (χ3n) is 3.28. The number of halogens is 1. The summed E-state index contributed by atoms with van der Waals surface area (Å²) in [5.41, 5.74) is 0.880. The van der Waals surface area contributed by atoms with Gasteiger partial charge in [0.2, 0.25) is 0 Å². The van der Waals surface area contributed by atoms with Crippen LogP contribution < -0.4 is 0 Å². The lowest BCUT2D eigenvalue weighted by atomic mass is 10.0. The summed E-state index contributed by atoms with van der Waals surface area (Å²) in [4.78, 5) is 1.87. The van der Waals surface area contributed by atoms with Gasteiger partial charge in [-0.1, -0.05) is 12.1 Å². The highest BCUT2D eigenvalue weighted by Crippen LogP contribution is 2.13. The number of β-amino-alcohol motifs (C(OH)–C–C–N with tert-alkyl or cyclic N) is 2. The molecule has 1 aromatic rings. The predicted molar refractivity (Wildman–Crippen MR) is 64.6 cm³/mol. The number of benzene rings is 1. The number of hydrogen-bond acceptors (Lipinski definition) is 4. The van der Waals surface area contributed by atoms with Crippen molar-refractivity contribution in [2.24, 2.45) is 0 Å². The molecule has 18 heavy (non-hydrogen) atoms. The van der Waals surface area contributed by atoms with Gasteiger partial charge in [0.1, 0.15) is 11.9 Å². The molecule has 100 valence electrons. The predicted octanol–water partition coefficient (Wildman–Crippen LogP) is -0.234. The number of aliphatic hydroxyl groups is 3. The molecule has 0 bridgehead atoms. The minimum atomic E-state index is -1.07. The van der Waals surface area contributed by atoms with Gasteiger partial charge in [0.05, 0.1) is 12.2 Å². The first-order valence-corrected chi connectivity index (χ1v) is 6.07. The molecule has 3 N–H and O–H groups in total. The Kier molecular flexibility index (Phi) is 4.29. The lowest BCUT2D eigenvalue weighted by Crippen LogP contribution is -2.55. The summed E-state index contributed by atoms with van der Waals surface area (Å²) < 4.78 is 13.0. The van der Waals surface area contributed by atoms with E-state index in [9.17, 15) is 19.7 Å². The average molecular weight is 255 g/mol. The first-order valence-electron chi connectivity index (χ1n) is 6.07. The molecule has 1 aliphatic rings. The molecule has 0 radical (unpaired) electrons. The van der Waals surface area contributed by atoms with Crippen LogP contribution >= 0.6 is 0 Å².